The van der Waals surface area contributed by atoms with Gasteiger partial charge in [-0.25, -0.2) is 0 Å². The molecule has 1 saturated heterocycles. The Labute approximate surface area is 143 Å². The fourth-order valence-corrected chi connectivity index (χ4v) is 4.83. The number of β-amino-alcohol motifs (C(OH)–C–C–N with tert-alkyl or cyclic N) is 1. The Morgan fingerprint density at radius 1 is 1.00 bits per heavy atom. The Balaban J connectivity index is 1.77. The summed E-state index contributed by atoms with van der Waals surface area (Å²) >= 11 is 0. The lowest BCUT2D eigenvalue weighted by Gasteiger charge is -2.38. The van der Waals surface area contributed by atoms with E-state index in [1.807, 2.05) is 0 Å². The number of aliphatic hydroxyl groups excluding tert-OH is 1. The molecule has 2 rings (SSSR count). The standard InChI is InChI=1S/C20H39NO2/c1-14(2)19-7-6-15(3)9-20(19)23-13-18(22)12-21-10-16(4)8-17(5)11-21/h14-20,22H,6-13H2,1-5H3/t15-,16-,17+,18-,19+,20-/m1/s1. The van der Waals surface area contributed by atoms with Crippen molar-refractivity contribution in [3.8, 4) is 0 Å². The van der Waals surface area contributed by atoms with E-state index in [1.165, 1.54) is 19.3 Å². The second kappa shape index (κ2) is 8.82. The summed E-state index contributed by atoms with van der Waals surface area (Å²) in [6.07, 6.45) is 5.08. The van der Waals surface area contributed by atoms with Gasteiger partial charge in [-0.2, -0.15) is 0 Å². The van der Waals surface area contributed by atoms with Crippen LogP contribution in [0, 0.1) is 29.6 Å². The Kier molecular flexibility index (Phi) is 7.37. The Morgan fingerprint density at radius 2 is 1.65 bits per heavy atom. The minimum Gasteiger partial charge on any atom is -0.389 e. The lowest BCUT2D eigenvalue weighted by molar-refractivity contribution is -0.0761. The first-order valence-electron chi connectivity index (χ1n) is 9.87. The van der Waals surface area contributed by atoms with Gasteiger partial charge in [-0.3, -0.25) is 0 Å². The summed E-state index contributed by atoms with van der Waals surface area (Å²) < 4.78 is 6.21. The van der Waals surface area contributed by atoms with Crippen molar-refractivity contribution in [2.24, 2.45) is 29.6 Å². The van der Waals surface area contributed by atoms with Crippen LogP contribution in [0.3, 0.4) is 0 Å². The molecular formula is C20H39NO2. The molecule has 2 fully saturated rings. The highest BCUT2D eigenvalue weighted by atomic mass is 16.5. The van der Waals surface area contributed by atoms with E-state index in [0.717, 1.165) is 43.8 Å². The van der Waals surface area contributed by atoms with Gasteiger partial charge in [0.1, 0.15) is 0 Å². The number of hydrogen-bond acceptors (Lipinski definition) is 3. The summed E-state index contributed by atoms with van der Waals surface area (Å²) in [7, 11) is 0. The monoisotopic (exact) mass is 325 g/mol. The summed E-state index contributed by atoms with van der Waals surface area (Å²) in [5, 5.41) is 10.4. The maximum absolute atomic E-state index is 10.4. The van der Waals surface area contributed by atoms with Crippen molar-refractivity contribution >= 4 is 0 Å². The quantitative estimate of drug-likeness (QED) is 0.806. The molecule has 136 valence electrons. The van der Waals surface area contributed by atoms with Crippen LogP contribution >= 0.6 is 0 Å². The van der Waals surface area contributed by atoms with E-state index in [0.29, 0.717) is 24.5 Å². The highest BCUT2D eigenvalue weighted by molar-refractivity contribution is 4.82. The summed E-state index contributed by atoms with van der Waals surface area (Å²) in [6, 6.07) is 0. The molecule has 1 saturated carbocycles. The third-order valence-corrected chi connectivity index (χ3v) is 5.88. The number of aliphatic hydroxyl groups is 1. The Hall–Kier alpha value is -0.120. The zero-order valence-corrected chi connectivity index (χ0v) is 16.0. The highest BCUT2D eigenvalue weighted by Gasteiger charge is 2.32. The van der Waals surface area contributed by atoms with Gasteiger partial charge in [0.2, 0.25) is 0 Å². The largest absolute Gasteiger partial charge is 0.389 e. The number of rotatable bonds is 6. The first kappa shape index (κ1) is 19.2. The average molecular weight is 326 g/mol. The van der Waals surface area contributed by atoms with Gasteiger partial charge < -0.3 is 14.7 Å². The van der Waals surface area contributed by atoms with Crippen molar-refractivity contribution in [3.05, 3.63) is 0 Å². The lowest BCUT2D eigenvalue weighted by atomic mass is 9.75. The van der Waals surface area contributed by atoms with Crippen molar-refractivity contribution in [1.82, 2.24) is 4.90 Å². The molecule has 0 radical (unpaired) electrons. The summed E-state index contributed by atoms with van der Waals surface area (Å²) in [5.74, 6) is 3.59. The van der Waals surface area contributed by atoms with E-state index in [1.54, 1.807) is 0 Å². The molecule has 0 aromatic carbocycles. The first-order valence-corrected chi connectivity index (χ1v) is 9.87. The van der Waals surface area contributed by atoms with E-state index in [9.17, 15) is 5.11 Å². The van der Waals surface area contributed by atoms with Crippen LogP contribution in [0.25, 0.3) is 0 Å². The SMILES string of the molecule is CC(C)[C@@H]1CC[C@@H](C)C[C@H]1OC[C@H](O)CN1C[C@H](C)C[C@H](C)C1. The fourth-order valence-electron chi connectivity index (χ4n) is 4.83. The van der Waals surface area contributed by atoms with Gasteiger partial charge in [0, 0.05) is 19.6 Å². The van der Waals surface area contributed by atoms with Crippen molar-refractivity contribution in [2.75, 3.05) is 26.2 Å². The Bertz CT molecular complexity index is 337. The zero-order chi connectivity index (χ0) is 17.0. The number of nitrogens with zero attached hydrogens (tertiary/aromatic N) is 1. The lowest BCUT2D eigenvalue weighted by Crippen LogP contribution is -2.44. The third-order valence-electron chi connectivity index (χ3n) is 5.88. The van der Waals surface area contributed by atoms with Gasteiger partial charge in [-0.15, -0.1) is 0 Å². The molecule has 0 aromatic rings. The van der Waals surface area contributed by atoms with Gasteiger partial charge >= 0.3 is 0 Å². The smallest absolute Gasteiger partial charge is 0.0900 e. The van der Waals surface area contributed by atoms with Crippen LogP contribution in [-0.4, -0.2) is 48.5 Å². The molecule has 1 aliphatic heterocycles. The van der Waals surface area contributed by atoms with E-state index in [-0.39, 0.29) is 6.10 Å². The summed E-state index contributed by atoms with van der Waals surface area (Å²) in [5.41, 5.74) is 0. The predicted molar refractivity (Wildman–Crippen MR) is 96.5 cm³/mol. The van der Waals surface area contributed by atoms with Gasteiger partial charge in [0.25, 0.3) is 0 Å². The van der Waals surface area contributed by atoms with Gasteiger partial charge in [-0.1, -0.05) is 41.0 Å². The third kappa shape index (κ3) is 6.03. The first-order chi connectivity index (χ1) is 10.8. The van der Waals surface area contributed by atoms with Crippen molar-refractivity contribution < 1.29 is 9.84 Å². The average Bonchev–Trinajstić information content (AvgIpc) is 2.43. The molecule has 23 heavy (non-hydrogen) atoms. The van der Waals surface area contributed by atoms with Gasteiger partial charge in [0.15, 0.2) is 0 Å². The van der Waals surface area contributed by atoms with Crippen LogP contribution in [-0.2, 0) is 4.74 Å². The van der Waals surface area contributed by atoms with E-state index in [4.69, 9.17) is 4.74 Å². The molecule has 2 aliphatic rings. The van der Waals surface area contributed by atoms with Crippen molar-refractivity contribution in [1.29, 1.82) is 0 Å². The summed E-state index contributed by atoms with van der Waals surface area (Å²) in [4.78, 5) is 2.43. The van der Waals surface area contributed by atoms with Crippen LogP contribution in [0.15, 0.2) is 0 Å². The number of likely N-dealkylation sites (tertiary alicyclic amines) is 1. The highest BCUT2D eigenvalue weighted by Crippen LogP contribution is 2.35. The number of piperidine rings is 1. The molecule has 1 N–H and O–H groups in total. The maximum Gasteiger partial charge on any atom is 0.0900 e. The predicted octanol–water partition coefficient (Wildman–Crippen LogP) is 3.80. The second-order valence-corrected chi connectivity index (χ2v) is 9.02. The minimum absolute atomic E-state index is 0.340. The molecule has 1 aliphatic carbocycles. The molecular weight excluding hydrogens is 286 g/mol. The molecule has 6 atom stereocenters. The van der Waals surface area contributed by atoms with Gasteiger partial charge in [-0.05, 0) is 48.9 Å². The molecule has 0 bridgehead atoms. The molecule has 3 heteroatoms. The van der Waals surface area contributed by atoms with E-state index < -0.39 is 0 Å². The normalized spacial score (nSPS) is 38.0. The van der Waals surface area contributed by atoms with E-state index >= 15 is 0 Å². The molecule has 1 heterocycles. The molecule has 3 nitrogen and oxygen atoms in total. The van der Waals surface area contributed by atoms with Crippen LogP contribution in [0.2, 0.25) is 0 Å². The fraction of sp³-hybridized carbons (Fsp3) is 1.00. The Morgan fingerprint density at radius 3 is 2.26 bits per heavy atom. The van der Waals surface area contributed by atoms with Crippen LogP contribution in [0.5, 0.6) is 0 Å². The van der Waals surface area contributed by atoms with Gasteiger partial charge in [0.05, 0.1) is 18.8 Å². The second-order valence-electron chi connectivity index (χ2n) is 9.02. The molecule has 0 spiro atoms. The molecule has 0 amide bonds. The summed E-state index contributed by atoms with van der Waals surface area (Å²) in [6.45, 7) is 15.1. The number of hydrogen-bond donors (Lipinski definition) is 1. The minimum atomic E-state index is -0.349. The topological polar surface area (TPSA) is 32.7 Å². The zero-order valence-electron chi connectivity index (χ0n) is 16.0. The van der Waals surface area contributed by atoms with E-state index in [2.05, 4.69) is 39.5 Å². The van der Waals surface area contributed by atoms with Crippen LogP contribution < -0.4 is 0 Å². The van der Waals surface area contributed by atoms with Crippen LogP contribution in [0.4, 0.5) is 0 Å². The number of ether oxygens (including phenoxy) is 1. The molecule has 0 aromatic heterocycles. The van der Waals surface area contributed by atoms with Crippen LogP contribution in [0.1, 0.15) is 60.3 Å². The molecule has 0 unspecified atom stereocenters. The maximum atomic E-state index is 10.4. The van der Waals surface area contributed by atoms with Crippen molar-refractivity contribution in [3.63, 3.8) is 0 Å². The van der Waals surface area contributed by atoms with Crippen molar-refractivity contribution in [2.45, 2.75) is 72.5 Å².